The molecule has 0 N–H and O–H groups in total. The van der Waals surface area contributed by atoms with Gasteiger partial charge in [0.15, 0.2) is 35.0 Å². The zero-order chi connectivity index (χ0) is 38.6. The molecule has 0 aromatic heterocycles. The average molecular weight is 713 g/mol. The molecule has 0 bridgehead atoms. The van der Waals surface area contributed by atoms with Crippen molar-refractivity contribution in [3.8, 4) is 0 Å². The van der Waals surface area contributed by atoms with Gasteiger partial charge < -0.3 is 28.4 Å². The number of hydrogen-bond donors (Lipinski definition) is 0. The van der Waals surface area contributed by atoms with E-state index in [4.69, 9.17) is 28.4 Å². The maximum atomic E-state index is 14.9. The van der Waals surface area contributed by atoms with Crippen LogP contribution >= 0.6 is 0 Å². The summed E-state index contributed by atoms with van der Waals surface area (Å²) >= 11 is 0. The third-order valence-electron chi connectivity index (χ3n) is 8.77. The van der Waals surface area contributed by atoms with Crippen LogP contribution in [0.15, 0.2) is 54.6 Å². The minimum atomic E-state index is -2.39. The highest BCUT2D eigenvalue weighted by molar-refractivity contribution is 5.96. The summed E-state index contributed by atoms with van der Waals surface area (Å²) in [5.41, 5.74) is -6.16. The zero-order valence-corrected chi connectivity index (χ0v) is 30.1. The first kappa shape index (κ1) is 40.3. The molecule has 51 heavy (non-hydrogen) atoms. The van der Waals surface area contributed by atoms with Gasteiger partial charge in [0.25, 0.3) is 0 Å². The van der Waals surface area contributed by atoms with E-state index in [9.17, 15) is 38.4 Å². The molecule has 276 valence electrons. The molecule has 1 aromatic carbocycles. The van der Waals surface area contributed by atoms with Crippen molar-refractivity contribution in [1.82, 2.24) is 0 Å². The predicted octanol–water partition coefficient (Wildman–Crippen LogP) is 3.58. The van der Waals surface area contributed by atoms with Gasteiger partial charge in [0.05, 0.1) is 11.5 Å². The summed E-state index contributed by atoms with van der Waals surface area (Å²) in [6, 6.07) is 7.77. The van der Waals surface area contributed by atoms with Gasteiger partial charge >= 0.3 is 35.8 Å². The van der Waals surface area contributed by atoms with Crippen LogP contribution in [0.5, 0.6) is 0 Å². The number of rotatable bonds is 7. The summed E-state index contributed by atoms with van der Waals surface area (Å²) in [6.07, 6.45) is -5.20. The van der Waals surface area contributed by atoms with Gasteiger partial charge in [-0.3, -0.25) is 33.6 Å². The van der Waals surface area contributed by atoms with Crippen LogP contribution in [0, 0.1) is 17.3 Å². The second-order valence-corrected chi connectivity index (χ2v) is 13.5. The van der Waals surface area contributed by atoms with E-state index in [2.05, 4.69) is 6.58 Å². The quantitative estimate of drug-likeness (QED) is 0.226. The molecule has 0 saturated heterocycles. The van der Waals surface area contributed by atoms with Crippen molar-refractivity contribution in [3.05, 3.63) is 60.2 Å². The lowest BCUT2D eigenvalue weighted by molar-refractivity contribution is -0.188. The maximum Gasteiger partial charge on any atom is 0.338 e. The van der Waals surface area contributed by atoms with E-state index in [1.165, 1.54) is 52.0 Å². The van der Waals surface area contributed by atoms with Gasteiger partial charge in [0.1, 0.15) is 6.10 Å². The molecule has 0 amide bonds. The first-order valence-corrected chi connectivity index (χ1v) is 16.2. The van der Waals surface area contributed by atoms with Crippen LogP contribution in [0.25, 0.3) is 0 Å². The first-order valence-electron chi connectivity index (χ1n) is 16.2. The number of ether oxygens (including phenoxy) is 6. The van der Waals surface area contributed by atoms with Crippen LogP contribution in [0.3, 0.4) is 0 Å². The molecule has 0 heterocycles. The van der Waals surface area contributed by atoms with Crippen molar-refractivity contribution in [1.29, 1.82) is 0 Å². The molecular weight excluding hydrogens is 668 g/mol. The van der Waals surface area contributed by atoms with Gasteiger partial charge in [-0.15, -0.1) is 0 Å². The monoisotopic (exact) mass is 712 g/mol. The van der Waals surface area contributed by atoms with E-state index in [1.54, 1.807) is 18.2 Å². The van der Waals surface area contributed by atoms with Crippen LogP contribution in [-0.4, -0.2) is 83.0 Å². The second-order valence-electron chi connectivity index (χ2n) is 13.5. The minimum Gasteiger partial charge on any atom is -0.458 e. The maximum absolute atomic E-state index is 14.9. The van der Waals surface area contributed by atoms with Gasteiger partial charge in [-0.05, 0) is 32.9 Å². The van der Waals surface area contributed by atoms with Gasteiger partial charge in [-0.25, -0.2) is 4.79 Å². The number of benzene rings is 1. The molecule has 1 aromatic rings. The van der Waals surface area contributed by atoms with Crippen molar-refractivity contribution in [2.75, 3.05) is 0 Å². The van der Waals surface area contributed by atoms with Crippen molar-refractivity contribution in [2.45, 2.75) is 104 Å². The molecule has 3 rings (SSSR count). The Morgan fingerprint density at radius 1 is 0.686 bits per heavy atom. The zero-order valence-electron chi connectivity index (χ0n) is 30.1. The highest BCUT2D eigenvalue weighted by Gasteiger charge is 2.72. The molecule has 2 aliphatic rings. The molecule has 1 saturated carbocycles. The number of ketones is 2. The number of carbonyl (C=O) groups excluding carboxylic acids is 8. The van der Waals surface area contributed by atoms with Gasteiger partial charge in [0, 0.05) is 57.9 Å². The highest BCUT2D eigenvalue weighted by Crippen LogP contribution is 2.54. The SMILES string of the molecule is C=C1[C@H](OC(C)=O)[C@H]2[C@@H](OC(C)=O)[C@](C)(OC(=O)c3ccccc3)C[C@]2(OC(C)=O)C(=O)[C@@H](C)/C=C\C(C)(C)C(=O)[C@H](OC(C)=O)[C@H]1OC(C)=O. The van der Waals surface area contributed by atoms with Crippen molar-refractivity contribution in [2.24, 2.45) is 17.3 Å². The summed E-state index contributed by atoms with van der Waals surface area (Å²) < 4.78 is 34.5. The minimum absolute atomic E-state index is 0.0937. The molecule has 0 unspecified atom stereocenters. The molecule has 1 fully saturated rings. The third-order valence-corrected chi connectivity index (χ3v) is 8.77. The topological polar surface area (TPSA) is 192 Å². The average Bonchev–Trinajstić information content (AvgIpc) is 3.24. The summed E-state index contributed by atoms with van der Waals surface area (Å²) in [7, 11) is 0. The molecule has 2 aliphatic carbocycles. The number of esters is 6. The summed E-state index contributed by atoms with van der Waals surface area (Å²) in [4.78, 5) is 106. The van der Waals surface area contributed by atoms with E-state index in [0.717, 1.165) is 34.6 Å². The van der Waals surface area contributed by atoms with E-state index in [-0.39, 0.29) is 5.56 Å². The van der Waals surface area contributed by atoms with E-state index >= 15 is 0 Å². The van der Waals surface area contributed by atoms with Gasteiger partial charge in [-0.2, -0.15) is 0 Å². The Morgan fingerprint density at radius 3 is 1.71 bits per heavy atom. The second kappa shape index (κ2) is 15.4. The number of Topliss-reactive ketones (excluding diaryl/α,β-unsaturated/α-hetero) is 2. The molecule has 0 radical (unpaired) electrons. The molecule has 8 atom stereocenters. The fraction of sp³-hybridized carbons (Fsp3) is 0.514. The Hall–Kier alpha value is -5.14. The van der Waals surface area contributed by atoms with Crippen LogP contribution in [0.2, 0.25) is 0 Å². The Morgan fingerprint density at radius 2 is 1.20 bits per heavy atom. The smallest absolute Gasteiger partial charge is 0.338 e. The Labute approximate surface area is 295 Å². The Kier molecular flexibility index (Phi) is 12.2. The third kappa shape index (κ3) is 8.78. The lowest BCUT2D eigenvalue weighted by Crippen LogP contribution is -2.58. The number of fused-ring (bicyclic) bond motifs is 1. The molecule has 0 aliphatic heterocycles. The summed E-state index contributed by atoms with van der Waals surface area (Å²) in [6.45, 7) is 14.9. The van der Waals surface area contributed by atoms with Crippen molar-refractivity contribution in [3.63, 3.8) is 0 Å². The highest BCUT2D eigenvalue weighted by atomic mass is 16.6. The fourth-order valence-corrected chi connectivity index (χ4v) is 6.71. The number of hydrogen-bond acceptors (Lipinski definition) is 14. The summed E-state index contributed by atoms with van der Waals surface area (Å²) in [5, 5.41) is 0. The van der Waals surface area contributed by atoms with Crippen LogP contribution < -0.4 is 0 Å². The lowest BCUT2D eigenvalue weighted by atomic mass is 9.72. The number of carbonyl (C=O) groups is 8. The van der Waals surface area contributed by atoms with Crippen LogP contribution in [-0.2, 0) is 62.0 Å². The predicted molar refractivity (Wildman–Crippen MR) is 176 cm³/mol. The molecule has 14 nitrogen and oxygen atoms in total. The normalized spacial score (nSPS) is 31.0. The standard InChI is InChI=1S/C37H44O14/c1-19-16-17-35(8,9)32(44)30(48-23(5)40)29(47-22(4)39)20(2)28(46-21(3)38)27-33(49-24(6)41)36(10,18-37(27,31(19)43)50-25(7)42)51-34(45)26-14-12-11-13-15-26/h11-17,19,27-30,33H,2,18H2,1,3-10H3/b17-16-/t19-,27-,28-,29-,30+,33+,36+,37+/m0/s1. The Bertz CT molecular complexity index is 1640. The van der Waals surface area contributed by atoms with E-state index in [1.807, 2.05) is 0 Å². The van der Waals surface area contributed by atoms with Crippen molar-refractivity contribution >= 4 is 47.4 Å². The fourth-order valence-electron chi connectivity index (χ4n) is 6.71. The van der Waals surface area contributed by atoms with Gasteiger partial charge in [0.2, 0.25) is 6.10 Å². The summed E-state index contributed by atoms with van der Waals surface area (Å²) in [5.74, 6) is -10.2. The van der Waals surface area contributed by atoms with E-state index < -0.39 is 112 Å². The molecule has 14 heteroatoms. The molecular formula is C37H44O14. The van der Waals surface area contributed by atoms with Crippen LogP contribution in [0.4, 0.5) is 0 Å². The van der Waals surface area contributed by atoms with Crippen molar-refractivity contribution < 1.29 is 66.8 Å². The van der Waals surface area contributed by atoms with Gasteiger partial charge in [-0.1, -0.05) is 43.9 Å². The molecule has 0 spiro atoms. The first-order chi connectivity index (χ1) is 23.6. The Balaban J connectivity index is 2.52. The van der Waals surface area contributed by atoms with E-state index in [0.29, 0.717) is 0 Å². The lowest BCUT2D eigenvalue weighted by Gasteiger charge is -2.42. The largest absolute Gasteiger partial charge is 0.458 e. The van der Waals surface area contributed by atoms with Crippen LogP contribution in [0.1, 0.15) is 79.1 Å². The number of allylic oxidation sites excluding steroid dienone is 2.